The van der Waals surface area contributed by atoms with Crippen LogP contribution in [0.5, 0.6) is 0 Å². The standard InChI is InChI=1S/C6H14FN2P/c1-2-3-8-9-4-6(7,10)5-9/h8H,2-5,10H2,1H3. The second-order valence-corrected chi connectivity index (χ2v) is 3.83. The van der Waals surface area contributed by atoms with E-state index in [2.05, 4.69) is 21.6 Å². The number of nitrogens with one attached hydrogen (secondary N) is 1. The van der Waals surface area contributed by atoms with Gasteiger partial charge in [-0.05, 0) is 6.42 Å². The van der Waals surface area contributed by atoms with Crippen molar-refractivity contribution in [1.82, 2.24) is 10.4 Å². The van der Waals surface area contributed by atoms with Crippen LogP contribution < -0.4 is 5.43 Å². The Morgan fingerprint density at radius 3 is 2.70 bits per heavy atom. The zero-order chi connectivity index (χ0) is 7.61. The lowest BCUT2D eigenvalue weighted by molar-refractivity contribution is -0.00337. The average Bonchev–Trinajstić information content (AvgIpc) is 1.78. The minimum absolute atomic E-state index is 0.498. The number of halogens is 1. The summed E-state index contributed by atoms with van der Waals surface area (Å²) in [5.74, 6) is 0. The molecule has 0 bridgehead atoms. The summed E-state index contributed by atoms with van der Waals surface area (Å²) < 4.78 is 12.8. The largest absolute Gasteiger partial charge is 0.255 e. The number of hydrogen-bond donors (Lipinski definition) is 1. The first-order valence-corrected chi connectivity index (χ1v) is 4.18. The summed E-state index contributed by atoms with van der Waals surface area (Å²) in [6.45, 7) is 4.03. The summed E-state index contributed by atoms with van der Waals surface area (Å²) in [5.41, 5.74) is 3.10. The molecular formula is C6H14FN2P. The van der Waals surface area contributed by atoms with Crippen LogP contribution in [0.4, 0.5) is 4.39 Å². The van der Waals surface area contributed by atoms with Crippen molar-refractivity contribution in [1.29, 1.82) is 0 Å². The first-order valence-electron chi connectivity index (χ1n) is 3.60. The van der Waals surface area contributed by atoms with Gasteiger partial charge in [0.25, 0.3) is 0 Å². The lowest BCUT2D eigenvalue weighted by atomic mass is 10.2. The van der Waals surface area contributed by atoms with Crippen molar-refractivity contribution in [3.8, 4) is 0 Å². The summed E-state index contributed by atoms with van der Waals surface area (Å²) in [4.78, 5) is 0. The highest BCUT2D eigenvalue weighted by Crippen LogP contribution is 2.29. The molecule has 1 fully saturated rings. The highest BCUT2D eigenvalue weighted by Gasteiger charge is 2.38. The SMILES string of the molecule is CCCNN1CC(F)(P)C1. The van der Waals surface area contributed by atoms with E-state index < -0.39 is 5.41 Å². The Bertz CT molecular complexity index is 110. The highest BCUT2D eigenvalue weighted by atomic mass is 31.0. The molecule has 0 aliphatic carbocycles. The molecule has 1 N–H and O–H groups in total. The van der Waals surface area contributed by atoms with E-state index in [1.165, 1.54) is 0 Å². The van der Waals surface area contributed by atoms with Gasteiger partial charge in [-0.3, -0.25) is 5.43 Å². The van der Waals surface area contributed by atoms with Gasteiger partial charge in [-0.25, -0.2) is 9.40 Å². The van der Waals surface area contributed by atoms with Crippen molar-refractivity contribution in [2.75, 3.05) is 19.6 Å². The van der Waals surface area contributed by atoms with Gasteiger partial charge < -0.3 is 0 Å². The van der Waals surface area contributed by atoms with E-state index in [1.54, 1.807) is 0 Å². The van der Waals surface area contributed by atoms with Gasteiger partial charge >= 0.3 is 0 Å². The van der Waals surface area contributed by atoms with Crippen molar-refractivity contribution < 1.29 is 4.39 Å². The Balaban J connectivity index is 2.03. The van der Waals surface area contributed by atoms with Crippen LogP contribution in [0, 0.1) is 0 Å². The second-order valence-electron chi connectivity index (χ2n) is 2.80. The van der Waals surface area contributed by atoms with Crippen LogP contribution >= 0.6 is 9.24 Å². The number of nitrogens with zero attached hydrogens (tertiary/aromatic N) is 1. The summed E-state index contributed by atoms with van der Waals surface area (Å²) in [6.07, 6.45) is 1.09. The molecule has 1 saturated heterocycles. The van der Waals surface area contributed by atoms with E-state index in [-0.39, 0.29) is 0 Å². The first-order chi connectivity index (χ1) is 4.64. The van der Waals surface area contributed by atoms with E-state index in [0.29, 0.717) is 13.1 Å². The highest BCUT2D eigenvalue weighted by molar-refractivity contribution is 7.18. The van der Waals surface area contributed by atoms with E-state index in [0.717, 1.165) is 13.0 Å². The molecule has 10 heavy (non-hydrogen) atoms. The molecule has 1 aliphatic heterocycles. The molecule has 1 rings (SSSR count). The summed E-state index contributed by atoms with van der Waals surface area (Å²) >= 11 is 0. The van der Waals surface area contributed by atoms with Crippen LogP contribution in [0.3, 0.4) is 0 Å². The second kappa shape index (κ2) is 3.12. The maximum Gasteiger partial charge on any atom is 0.151 e. The fourth-order valence-electron chi connectivity index (χ4n) is 0.970. The molecule has 0 aromatic carbocycles. The lowest BCUT2D eigenvalue weighted by Crippen LogP contribution is -2.60. The first kappa shape index (κ1) is 8.38. The van der Waals surface area contributed by atoms with Gasteiger partial charge in [-0.2, -0.15) is 0 Å². The fraction of sp³-hybridized carbons (Fsp3) is 1.00. The van der Waals surface area contributed by atoms with Crippen LogP contribution in [0.1, 0.15) is 13.3 Å². The van der Waals surface area contributed by atoms with E-state index in [1.807, 2.05) is 5.01 Å². The van der Waals surface area contributed by atoms with E-state index >= 15 is 0 Å². The maximum atomic E-state index is 12.8. The van der Waals surface area contributed by atoms with Gasteiger partial charge in [0.15, 0.2) is 5.41 Å². The molecule has 0 aromatic rings. The van der Waals surface area contributed by atoms with Crippen molar-refractivity contribution in [3.05, 3.63) is 0 Å². The molecule has 0 saturated carbocycles. The van der Waals surface area contributed by atoms with Crippen molar-refractivity contribution in [2.45, 2.75) is 18.8 Å². The summed E-state index contributed by atoms with van der Waals surface area (Å²) in [7, 11) is 2.22. The van der Waals surface area contributed by atoms with Crippen molar-refractivity contribution in [2.24, 2.45) is 0 Å². The van der Waals surface area contributed by atoms with Crippen LogP contribution in [0.25, 0.3) is 0 Å². The predicted octanol–water partition coefficient (Wildman–Crippen LogP) is 0.757. The van der Waals surface area contributed by atoms with Crippen LogP contribution in [-0.4, -0.2) is 30.1 Å². The quantitative estimate of drug-likeness (QED) is 0.619. The van der Waals surface area contributed by atoms with Gasteiger partial charge in [-0.15, -0.1) is 0 Å². The number of rotatable bonds is 3. The molecule has 60 valence electrons. The lowest BCUT2D eigenvalue weighted by Gasteiger charge is -2.41. The van der Waals surface area contributed by atoms with Gasteiger partial charge in [-0.1, -0.05) is 16.2 Å². The Kier molecular flexibility index (Phi) is 2.61. The van der Waals surface area contributed by atoms with Crippen LogP contribution in [0.15, 0.2) is 0 Å². The average molecular weight is 164 g/mol. The van der Waals surface area contributed by atoms with Gasteiger partial charge in [0.05, 0.1) is 13.1 Å². The third-order valence-electron chi connectivity index (χ3n) is 1.49. The molecule has 0 aromatic heterocycles. The Morgan fingerprint density at radius 1 is 1.70 bits per heavy atom. The molecule has 1 unspecified atom stereocenters. The molecule has 0 spiro atoms. The third kappa shape index (κ3) is 2.15. The van der Waals surface area contributed by atoms with Crippen molar-refractivity contribution >= 4 is 9.24 Å². The van der Waals surface area contributed by atoms with E-state index in [4.69, 9.17) is 0 Å². The van der Waals surface area contributed by atoms with Gasteiger partial charge in [0.1, 0.15) is 0 Å². The van der Waals surface area contributed by atoms with Crippen LogP contribution in [0.2, 0.25) is 0 Å². The minimum atomic E-state index is -1.03. The molecule has 1 atom stereocenters. The molecule has 2 nitrogen and oxygen atoms in total. The molecule has 0 amide bonds. The predicted molar refractivity (Wildman–Crippen MR) is 43.4 cm³/mol. The Hall–Kier alpha value is 0.280. The molecular weight excluding hydrogens is 150 g/mol. The summed E-state index contributed by atoms with van der Waals surface area (Å²) in [6, 6.07) is 0. The zero-order valence-electron chi connectivity index (χ0n) is 6.23. The summed E-state index contributed by atoms with van der Waals surface area (Å²) in [5, 5.41) is 0.872. The minimum Gasteiger partial charge on any atom is -0.255 e. The fourth-order valence-corrected chi connectivity index (χ4v) is 1.41. The molecule has 1 aliphatic rings. The Labute approximate surface area is 63.3 Å². The zero-order valence-corrected chi connectivity index (χ0v) is 7.39. The van der Waals surface area contributed by atoms with Gasteiger partial charge in [0.2, 0.25) is 0 Å². The topological polar surface area (TPSA) is 15.3 Å². The third-order valence-corrected chi connectivity index (χ3v) is 1.86. The van der Waals surface area contributed by atoms with Gasteiger partial charge in [0, 0.05) is 6.54 Å². The molecule has 0 radical (unpaired) electrons. The van der Waals surface area contributed by atoms with Crippen LogP contribution in [-0.2, 0) is 0 Å². The molecule has 4 heteroatoms. The number of alkyl halides is 1. The number of hydrazine groups is 1. The number of hydrogen-bond acceptors (Lipinski definition) is 2. The monoisotopic (exact) mass is 164 g/mol. The Morgan fingerprint density at radius 2 is 2.30 bits per heavy atom. The van der Waals surface area contributed by atoms with E-state index in [9.17, 15) is 4.39 Å². The maximum absolute atomic E-state index is 12.8. The smallest absolute Gasteiger partial charge is 0.151 e. The van der Waals surface area contributed by atoms with Crippen molar-refractivity contribution in [3.63, 3.8) is 0 Å². The molecule has 1 heterocycles. The normalized spacial score (nSPS) is 24.3.